The van der Waals surface area contributed by atoms with Crippen LogP contribution in [0.15, 0.2) is 58.5 Å². The Morgan fingerprint density at radius 1 is 1.30 bits per heavy atom. The number of para-hydroxylation sites is 1. The lowest BCUT2D eigenvalue weighted by atomic mass is 10.2. The molecular weight excluding hydrogens is 460 g/mol. The standard InChI is InChI=1S/C24H23ClN4O3S/c25-17-9-10-20-21(14-17)27-24(29(23(20)31)15-19-8-4-13-32-19)33-16-22(30)28(12-5-11-26)18-6-2-1-3-7-18/h1-3,6-7,9-10,14,19H,4-5,8,12-13,15-16H2. The van der Waals surface area contributed by atoms with Crippen LogP contribution in [0.25, 0.3) is 10.9 Å². The fraction of sp³-hybridized carbons (Fsp3) is 0.333. The van der Waals surface area contributed by atoms with Crippen molar-refractivity contribution in [3.8, 4) is 6.07 Å². The first kappa shape index (κ1) is 23.3. The highest BCUT2D eigenvalue weighted by Crippen LogP contribution is 2.24. The molecule has 2 aromatic carbocycles. The van der Waals surface area contributed by atoms with Crippen molar-refractivity contribution in [2.75, 3.05) is 23.8 Å². The Bertz CT molecular complexity index is 1240. The maximum Gasteiger partial charge on any atom is 0.262 e. The number of nitriles is 1. The Hall–Kier alpha value is -2.86. The summed E-state index contributed by atoms with van der Waals surface area (Å²) < 4.78 is 7.34. The summed E-state index contributed by atoms with van der Waals surface area (Å²) in [5.74, 6) is -0.0878. The lowest BCUT2D eigenvalue weighted by molar-refractivity contribution is -0.116. The van der Waals surface area contributed by atoms with E-state index in [1.807, 2.05) is 30.3 Å². The molecule has 2 heterocycles. The molecule has 0 aliphatic carbocycles. The Kier molecular flexibility index (Phi) is 7.65. The number of aromatic nitrogens is 2. The number of ether oxygens (including phenoxy) is 1. The number of hydrogen-bond acceptors (Lipinski definition) is 6. The number of carbonyl (C=O) groups excluding carboxylic acids is 1. The number of halogens is 1. The first-order valence-electron chi connectivity index (χ1n) is 10.7. The third kappa shape index (κ3) is 5.56. The quantitative estimate of drug-likeness (QED) is 0.352. The molecule has 1 atom stereocenters. The fourth-order valence-corrected chi connectivity index (χ4v) is 4.86. The molecule has 1 aromatic heterocycles. The summed E-state index contributed by atoms with van der Waals surface area (Å²) >= 11 is 7.33. The number of rotatable bonds is 8. The van der Waals surface area contributed by atoms with Crippen LogP contribution in [-0.4, -0.2) is 40.5 Å². The van der Waals surface area contributed by atoms with E-state index in [2.05, 4.69) is 11.1 Å². The third-order valence-corrected chi connectivity index (χ3v) is 6.63. The van der Waals surface area contributed by atoms with Crippen molar-refractivity contribution in [1.82, 2.24) is 9.55 Å². The smallest absolute Gasteiger partial charge is 0.262 e. The Labute approximate surface area is 200 Å². The normalized spacial score (nSPS) is 15.5. The van der Waals surface area contributed by atoms with Gasteiger partial charge < -0.3 is 9.64 Å². The van der Waals surface area contributed by atoms with Gasteiger partial charge in [0.25, 0.3) is 5.56 Å². The summed E-state index contributed by atoms with van der Waals surface area (Å²) in [4.78, 5) is 32.6. The van der Waals surface area contributed by atoms with E-state index >= 15 is 0 Å². The van der Waals surface area contributed by atoms with E-state index in [9.17, 15) is 9.59 Å². The van der Waals surface area contributed by atoms with Gasteiger partial charge in [0.2, 0.25) is 5.91 Å². The number of hydrogen-bond donors (Lipinski definition) is 0. The van der Waals surface area contributed by atoms with Crippen LogP contribution in [0, 0.1) is 11.3 Å². The van der Waals surface area contributed by atoms with Gasteiger partial charge in [0.05, 0.1) is 41.8 Å². The molecule has 1 aliphatic rings. The molecule has 1 aliphatic heterocycles. The largest absolute Gasteiger partial charge is 0.376 e. The van der Waals surface area contributed by atoms with Crippen LogP contribution in [0.3, 0.4) is 0 Å². The molecular formula is C24H23ClN4O3S. The molecule has 7 nitrogen and oxygen atoms in total. The summed E-state index contributed by atoms with van der Waals surface area (Å²) in [6, 6.07) is 16.4. The molecule has 1 unspecified atom stereocenters. The van der Waals surface area contributed by atoms with Gasteiger partial charge in [-0.3, -0.25) is 14.2 Å². The zero-order chi connectivity index (χ0) is 23.2. The van der Waals surface area contributed by atoms with Crippen molar-refractivity contribution in [2.45, 2.75) is 37.1 Å². The molecule has 0 spiro atoms. The Morgan fingerprint density at radius 3 is 2.85 bits per heavy atom. The molecule has 0 bridgehead atoms. The zero-order valence-electron chi connectivity index (χ0n) is 17.9. The molecule has 3 aromatic rings. The lowest BCUT2D eigenvalue weighted by Gasteiger charge is -2.22. The zero-order valence-corrected chi connectivity index (χ0v) is 19.5. The van der Waals surface area contributed by atoms with Gasteiger partial charge in [-0.15, -0.1) is 0 Å². The first-order valence-corrected chi connectivity index (χ1v) is 12.1. The molecule has 0 radical (unpaired) electrons. The minimum absolute atomic E-state index is 0.0549. The topological polar surface area (TPSA) is 88.2 Å². The van der Waals surface area contributed by atoms with Crippen LogP contribution in [0.5, 0.6) is 0 Å². The van der Waals surface area contributed by atoms with E-state index in [1.165, 1.54) is 11.8 Å². The SMILES string of the molecule is N#CCCN(C(=O)CSc1nc2cc(Cl)ccc2c(=O)n1CC1CCCO1)c1ccccc1. The van der Waals surface area contributed by atoms with Crippen LogP contribution in [0.2, 0.25) is 5.02 Å². The molecule has 1 fully saturated rings. The summed E-state index contributed by atoms with van der Waals surface area (Å²) in [7, 11) is 0. The molecule has 33 heavy (non-hydrogen) atoms. The first-order chi connectivity index (χ1) is 16.1. The molecule has 0 saturated carbocycles. The number of benzene rings is 2. The van der Waals surface area contributed by atoms with E-state index < -0.39 is 0 Å². The van der Waals surface area contributed by atoms with E-state index in [0.29, 0.717) is 40.8 Å². The highest BCUT2D eigenvalue weighted by atomic mass is 35.5. The second-order valence-electron chi connectivity index (χ2n) is 7.68. The average Bonchev–Trinajstić information content (AvgIpc) is 3.34. The van der Waals surface area contributed by atoms with Crippen LogP contribution in [-0.2, 0) is 16.1 Å². The van der Waals surface area contributed by atoms with E-state index in [1.54, 1.807) is 27.7 Å². The van der Waals surface area contributed by atoms with Gasteiger partial charge in [-0.2, -0.15) is 5.26 Å². The van der Waals surface area contributed by atoms with Gasteiger partial charge in [-0.1, -0.05) is 41.6 Å². The van der Waals surface area contributed by atoms with Gasteiger partial charge in [0.1, 0.15) is 0 Å². The monoisotopic (exact) mass is 482 g/mol. The van der Waals surface area contributed by atoms with Crippen molar-refractivity contribution >= 4 is 45.9 Å². The molecule has 0 N–H and O–H groups in total. The maximum atomic E-state index is 13.3. The van der Waals surface area contributed by atoms with Crippen LogP contribution in [0.1, 0.15) is 19.3 Å². The average molecular weight is 483 g/mol. The molecule has 9 heteroatoms. The minimum atomic E-state index is -0.175. The summed E-state index contributed by atoms with van der Waals surface area (Å²) in [6.45, 7) is 1.36. The predicted octanol–water partition coefficient (Wildman–Crippen LogP) is 4.27. The van der Waals surface area contributed by atoms with Crippen LogP contribution >= 0.6 is 23.4 Å². The highest BCUT2D eigenvalue weighted by Gasteiger charge is 2.22. The van der Waals surface area contributed by atoms with Gasteiger partial charge in [-0.25, -0.2) is 4.98 Å². The Balaban J connectivity index is 1.62. The number of nitrogens with zero attached hydrogens (tertiary/aromatic N) is 4. The molecule has 1 saturated heterocycles. The Morgan fingerprint density at radius 2 is 2.12 bits per heavy atom. The summed E-state index contributed by atoms with van der Waals surface area (Å²) in [6.07, 6.45) is 2.01. The minimum Gasteiger partial charge on any atom is -0.376 e. The number of thioether (sulfide) groups is 1. The number of carbonyl (C=O) groups is 1. The highest BCUT2D eigenvalue weighted by molar-refractivity contribution is 7.99. The van der Waals surface area contributed by atoms with E-state index in [-0.39, 0.29) is 29.7 Å². The number of amides is 1. The second kappa shape index (κ2) is 10.8. The van der Waals surface area contributed by atoms with Crippen LogP contribution in [0.4, 0.5) is 5.69 Å². The molecule has 170 valence electrons. The third-order valence-electron chi connectivity index (χ3n) is 5.43. The second-order valence-corrected chi connectivity index (χ2v) is 9.06. The number of anilines is 1. The van der Waals surface area contributed by atoms with Crippen molar-refractivity contribution in [2.24, 2.45) is 0 Å². The maximum absolute atomic E-state index is 13.3. The summed E-state index contributed by atoms with van der Waals surface area (Å²) in [5.41, 5.74) is 1.05. The van der Waals surface area contributed by atoms with E-state index in [4.69, 9.17) is 21.6 Å². The van der Waals surface area contributed by atoms with Crippen molar-refractivity contribution in [1.29, 1.82) is 5.26 Å². The lowest BCUT2D eigenvalue weighted by Crippen LogP contribution is -2.34. The predicted molar refractivity (Wildman–Crippen MR) is 130 cm³/mol. The van der Waals surface area contributed by atoms with Crippen LogP contribution < -0.4 is 10.5 Å². The van der Waals surface area contributed by atoms with Crippen molar-refractivity contribution in [3.05, 3.63) is 63.9 Å². The molecule has 4 rings (SSSR count). The fourth-order valence-electron chi connectivity index (χ4n) is 3.81. The van der Waals surface area contributed by atoms with Gasteiger partial charge in [0, 0.05) is 23.9 Å². The molecule has 1 amide bonds. The summed E-state index contributed by atoms with van der Waals surface area (Å²) in [5, 5.41) is 10.4. The van der Waals surface area contributed by atoms with Crippen molar-refractivity contribution in [3.63, 3.8) is 0 Å². The van der Waals surface area contributed by atoms with Gasteiger partial charge >= 0.3 is 0 Å². The van der Waals surface area contributed by atoms with E-state index in [0.717, 1.165) is 18.5 Å². The van der Waals surface area contributed by atoms with Gasteiger partial charge in [-0.05, 0) is 43.2 Å². The van der Waals surface area contributed by atoms with Gasteiger partial charge in [0.15, 0.2) is 5.16 Å². The van der Waals surface area contributed by atoms with Crippen molar-refractivity contribution < 1.29 is 9.53 Å². The number of fused-ring (bicyclic) bond motifs is 1.